The van der Waals surface area contributed by atoms with Crippen LogP contribution in [0.1, 0.15) is 0 Å². The van der Waals surface area contributed by atoms with E-state index in [0.29, 0.717) is 33.0 Å². The summed E-state index contributed by atoms with van der Waals surface area (Å²) in [5, 5.41) is -0.0232. The van der Waals surface area contributed by atoms with Crippen molar-refractivity contribution in [2.45, 2.75) is 0 Å². The number of nitrogens with zero attached hydrogens (tertiary/aromatic N) is 3. The minimum atomic E-state index is -0.0116. The van der Waals surface area contributed by atoms with Crippen molar-refractivity contribution in [2.24, 2.45) is 0 Å². The zero-order valence-corrected chi connectivity index (χ0v) is 12.0. The first-order chi connectivity index (χ1) is 9.22. The van der Waals surface area contributed by atoms with Crippen LogP contribution in [0.2, 0.25) is 10.6 Å². The Kier molecular flexibility index (Phi) is 8.68. The molecule has 0 spiro atoms. The van der Waals surface area contributed by atoms with Crippen LogP contribution >= 0.6 is 23.2 Å². The van der Waals surface area contributed by atoms with Gasteiger partial charge >= 0.3 is 6.01 Å². The molecule has 0 aliphatic carbocycles. The van der Waals surface area contributed by atoms with Gasteiger partial charge in [0.2, 0.25) is 10.6 Å². The van der Waals surface area contributed by atoms with E-state index in [1.165, 1.54) is 0 Å². The lowest BCUT2D eigenvalue weighted by molar-refractivity contribution is 0.0173. The van der Waals surface area contributed by atoms with Gasteiger partial charge in [-0.1, -0.05) is 0 Å². The Bertz CT molecular complexity index is 350. The van der Waals surface area contributed by atoms with Gasteiger partial charge in [-0.15, -0.1) is 0 Å². The maximum atomic E-state index is 5.59. The predicted molar refractivity (Wildman–Crippen MR) is 68.9 cm³/mol. The molecule has 1 heterocycles. The third-order valence-corrected chi connectivity index (χ3v) is 2.16. The summed E-state index contributed by atoms with van der Waals surface area (Å²) >= 11 is 11.2. The van der Waals surface area contributed by atoms with E-state index in [-0.39, 0.29) is 23.2 Å². The minimum absolute atomic E-state index is 0.0116. The zero-order valence-electron chi connectivity index (χ0n) is 10.5. The molecule has 0 amide bonds. The Morgan fingerprint density at radius 3 is 1.89 bits per heavy atom. The van der Waals surface area contributed by atoms with E-state index >= 15 is 0 Å². The van der Waals surface area contributed by atoms with Crippen molar-refractivity contribution < 1.29 is 18.9 Å². The van der Waals surface area contributed by atoms with Gasteiger partial charge in [-0.25, -0.2) is 0 Å². The average Bonchev–Trinajstić information content (AvgIpc) is 2.36. The SMILES string of the molecule is COCCOCCOCCOc1nc(Cl)nc(Cl)n1. The van der Waals surface area contributed by atoms with Crippen LogP contribution in [0.5, 0.6) is 6.01 Å². The van der Waals surface area contributed by atoms with Crippen LogP contribution in [0.3, 0.4) is 0 Å². The Balaban J connectivity index is 2.01. The zero-order chi connectivity index (χ0) is 13.9. The molecule has 0 radical (unpaired) electrons. The monoisotopic (exact) mass is 311 g/mol. The highest BCUT2D eigenvalue weighted by molar-refractivity contribution is 6.31. The van der Waals surface area contributed by atoms with E-state index in [2.05, 4.69) is 15.0 Å². The Hall–Kier alpha value is -0.730. The second kappa shape index (κ2) is 10.1. The largest absolute Gasteiger partial charge is 0.461 e. The van der Waals surface area contributed by atoms with Gasteiger partial charge in [0.15, 0.2) is 0 Å². The van der Waals surface area contributed by atoms with Crippen molar-refractivity contribution in [3.8, 4) is 6.01 Å². The van der Waals surface area contributed by atoms with Gasteiger partial charge in [0.05, 0.1) is 33.0 Å². The van der Waals surface area contributed by atoms with Gasteiger partial charge in [0.25, 0.3) is 0 Å². The molecule has 0 fully saturated rings. The second-order valence-electron chi connectivity index (χ2n) is 3.22. The van der Waals surface area contributed by atoms with Crippen LogP contribution in [-0.2, 0) is 14.2 Å². The van der Waals surface area contributed by atoms with Crippen molar-refractivity contribution in [3.63, 3.8) is 0 Å². The van der Waals surface area contributed by atoms with E-state index in [1.807, 2.05) is 0 Å². The topological polar surface area (TPSA) is 75.6 Å². The molecule has 108 valence electrons. The second-order valence-corrected chi connectivity index (χ2v) is 3.90. The van der Waals surface area contributed by atoms with Crippen LogP contribution in [0, 0.1) is 0 Å². The molecular weight excluding hydrogens is 297 g/mol. The molecule has 0 saturated carbocycles. The molecule has 0 bridgehead atoms. The van der Waals surface area contributed by atoms with E-state index < -0.39 is 0 Å². The first-order valence-corrected chi connectivity index (χ1v) is 6.32. The summed E-state index contributed by atoms with van der Waals surface area (Å²) in [6, 6.07) is 0.0740. The van der Waals surface area contributed by atoms with E-state index in [0.717, 1.165) is 0 Å². The first-order valence-electron chi connectivity index (χ1n) is 5.56. The van der Waals surface area contributed by atoms with Crippen LogP contribution in [0.4, 0.5) is 0 Å². The highest BCUT2D eigenvalue weighted by atomic mass is 35.5. The normalized spacial score (nSPS) is 10.7. The molecule has 0 N–H and O–H groups in total. The fourth-order valence-corrected chi connectivity index (χ4v) is 1.38. The van der Waals surface area contributed by atoms with Crippen molar-refractivity contribution in [1.82, 2.24) is 15.0 Å². The summed E-state index contributed by atoms with van der Waals surface area (Å²) in [6.45, 7) is 2.78. The molecular formula is C10H15Cl2N3O4. The summed E-state index contributed by atoms with van der Waals surface area (Å²) in [5.41, 5.74) is 0. The summed E-state index contributed by atoms with van der Waals surface area (Å²) in [5.74, 6) is 0. The summed E-state index contributed by atoms with van der Waals surface area (Å²) in [4.78, 5) is 11.1. The van der Waals surface area contributed by atoms with Crippen LogP contribution in [-0.4, -0.2) is 61.7 Å². The van der Waals surface area contributed by atoms with Crippen LogP contribution < -0.4 is 4.74 Å². The van der Waals surface area contributed by atoms with Crippen LogP contribution in [0.25, 0.3) is 0 Å². The molecule has 0 aliphatic rings. The van der Waals surface area contributed by atoms with E-state index in [4.69, 9.17) is 42.1 Å². The van der Waals surface area contributed by atoms with E-state index in [9.17, 15) is 0 Å². The molecule has 9 heteroatoms. The fourth-order valence-electron chi connectivity index (χ4n) is 1.03. The number of hydrogen-bond donors (Lipinski definition) is 0. The highest BCUT2D eigenvalue weighted by Gasteiger charge is 2.03. The van der Waals surface area contributed by atoms with Gasteiger partial charge in [-0.05, 0) is 23.2 Å². The third kappa shape index (κ3) is 8.12. The lowest BCUT2D eigenvalue weighted by Gasteiger charge is -2.06. The molecule has 19 heavy (non-hydrogen) atoms. The van der Waals surface area contributed by atoms with Crippen molar-refractivity contribution in [3.05, 3.63) is 10.6 Å². The lowest BCUT2D eigenvalue weighted by atomic mass is 10.7. The molecule has 1 rings (SSSR count). The number of ether oxygens (including phenoxy) is 4. The van der Waals surface area contributed by atoms with Crippen LogP contribution in [0.15, 0.2) is 0 Å². The third-order valence-electron chi connectivity index (χ3n) is 1.82. The fraction of sp³-hybridized carbons (Fsp3) is 0.700. The number of hydrogen-bond acceptors (Lipinski definition) is 7. The average molecular weight is 312 g/mol. The molecule has 0 aliphatic heterocycles. The predicted octanol–water partition coefficient (Wildman–Crippen LogP) is 1.24. The quantitative estimate of drug-likeness (QED) is 0.602. The van der Waals surface area contributed by atoms with Gasteiger partial charge in [-0.2, -0.15) is 15.0 Å². The van der Waals surface area contributed by atoms with Gasteiger partial charge in [-0.3, -0.25) is 0 Å². The number of rotatable bonds is 10. The molecule has 0 aromatic carbocycles. The lowest BCUT2D eigenvalue weighted by Crippen LogP contribution is -2.13. The van der Waals surface area contributed by atoms with Gasteiger partial charge in [0, 0.05) is 7.11 Å². The van der Waals surface area contributed by atoms with Gasteiger partial charge in [0.1, 0.15) is 6.61 Å². The molecule has 7 nitrogen and oxygen atoms in total. The molecule has 0 atom stereocenters. The maximum Gasteiger partial charge on any atom is 0.322 e. The summed E-state index contributed by atoms with van der Waals surface area (Å²) < 4.78 is 20.5. The van der Waals surface area contributed by atoms with E-state index in [1.54, 1.807) is 7.11 Å². The van der Waals surface area contributed by atoms with Crippen molar-refractivity contribution in [2.75, 3.05) is 46.8 Å². The number of halogens is 2. The molecule has 0 unspecified atom stereocenters. The summed E-state index contributed by atoms with van der Waals surface area (Å²) in [6.07, 6.45) is 0. The maximum absolute atomic E-state index is 5.59. The summed E-state index contributed by atoms with van der Waals surface area (Å²) in [7, 11) is 1.62. The molecule has 0 saturated heterocycles. The first kappa shape index (κ1) is 16.3. The standard InChI is InChI=1S/C10H15Cl2N3O4/c1-16-2-3-17-4-5-18-6-7-19-10-14-8(11)13-9(12)15-10/h2-7H2,1H3. The smallest absolute Gasteiger partial charge is 0.322 e. The number of methoxy groups -OCH3 is 1. The van der Waals surface area contributed by atoms with Crippen molar-refractivity contribution >= 4 is 23.2 Å². The molecule has 1 aromatic rings. The van der Waals surface area contributed by atoms with Gasteiger partial charge < -0.3 is 18.9 Å². The Labute approximate surface area is 121 Å². The van der Waals surface area contributed by atoms with Crippen molar-refractivity contribution in [1.29, 1.82) is 0 Å². The Morgan fingerprint density at radius 2 is 1.32 bits per heavy atom. The molecule has 1 aromatic heterocycles. The highest BCUT2D eigenvalue weighted by Crippen LogP contribution is 2.10. The number of aromatic nitrogens is 3. The Morgan fingerprint density at radius 1 is 0.789 bits per heavy atom. The minimum Gasteiger partial charge on any atom is -0.461 e.